The molecule has 2 aliphatic rings. The first-order chi connectivity index (χ1) is 15.2. The van der Waals surface area contributed by atoms with Crippen LogP contribution in [0.1, 0.15) is 52.0 Å². The largest absolute Gasteiger partial charge is 0.831 e. The zero-order valence-electron chi connectivity index (χ0n) is 19.1. The summed E-state index contributed by atoms with van der Waals surface area (Å²) in [5.74, 6) is -0.359. The molecule has 0 spiro atoms. The Morgan fingerprint density at radius 2 is 1.97 bits per heavy atom. The first-order valence-corrected chi connectivity index (χ1v) is 11.4. The minimum Gasteiger partial charge on any atom is -0.831 e. The van der Waals surface area contributed by atoms with Crippen LogP contribution in [0.15, 0.2) is 24.3 Å². The van der Waals surface area contributed by atoms with E-state index in [1.807, 2.05) is 6.92 Å². The van der Waals surface area contributed by atoms with Crippen molar-refractivity contribution in [2.45, 2.75) is 65.1 Å². The molecule has 3 rings (SSSR count). The third-order valence-electron chi connectivity index (χ3n) is 7.30. The van der Waals surface area contributed by atoms with Gasteiger partial charge in [-0.25, -0.2) is 14.9 Å². The number of rotatable bonds is 9. The van der Waals surface area contributed by atoms with Gasteiger partial charge < -0.3 is 24.4 Å². The van der Waals surface area contributed by atoms with Crippen LogP contribution in [0.4, 0.5) is 0 Å². The Morgan fingerprint density at radius 3 is 2.62 bits per heavy atom. The normalized spacial score (nSPS) is 32.4. The average Bonchev–Trinajstić information content (AvgIpc) is 2.97. The van der Waals surface area contributed by atoms with Crippen LogP contribution in [0.3, 0.4) is 0 Å². The maximum Gasteiger partial charge on any atom is 0.341 e. The van der Waals surface area contributed by atoms with Gasteiger partial charge in [0.25, 0.3) is 0 Å². The van der Waals surface area contributed by atoms with Crippen molar-refractivity contribution in [3.8, 4) is 5.75 Å². The van der Waals surface area contributed by atoms with Gasteiger partial charge in [-0.2, -0.15) is 0 Å². The average molecular weight is 452 g/mol. The number of aliphatic carboxylic acids is 1. The lowest BCUT2D eigenvalue weighted by molar-refractivity contribution is -0.510. The van der Waals surface area contributed by atoms with Crippen LogP contribution >= 0.6 is 0 Å². The van der Waals surface area contributed by atoms with Crippen molar-refractivity contribution >= 4 is 5.97 Å². The summed E-state index contributed by atoms with van der Waals surface area (Å²) in [5, 5.41) is 30.9. The van der Waals surface area contributed by atoms with Gasteiger partial charge in [0.1, 0.15) is 5.75 Å². The quantitative estimate of drug-likeness (QED) is 0.334. The molecule has 1 aliphatic carbocycles. The second-order valence-electron chi connectivity index (χ2n) is 9.49. The minimum atomic E-state index is -1.17. The second kappa shape index (κ2) is 10.9. The van der Waals surface area contributed by atoms with Gasteiger partial charge in [-0.05, 0) is 73.3 Å². The fraction of sp³-hybridized carbons (Fsp3) is 0.708. The fourth-order valence-electron chi connectivity index (χ4n) is 5.23. The molecule has 8 heteroatoms. The summed E-state index contributed by atoms with van der Waals surface area (Å²) in [6.45, 7) is 6.23. The van der Waals surface area contributed by atoms with Crippen LogP contribution in [-0.4, -0.2) is 41.6 Å². The zero-order valence-corrected chi connectivity index (χ0v) is 19.1. The summed E-state index contributed by atoms with van der Waals surface area (Å²) in [5.41, 5.74) is 0.824. The molecule has 1 aromatic carbocycles. The van der Waals surface area contributed by atoms with E-state index in [1.54, 1.807) is 31.2 Å². The molecule has 180 valence electrons. The Morgan fingerprint density at radius 1 is 1.25 bits per heavy atom. The van der Waals surface area contributed by atoms with E-state index in [1.165, 1.54) is 0 Å². The lowest BCUT2D eigenvalue weighted by Gasteiger charge is -2.46. The number of carboxylic acids is 1. The molecule has 1 saturated carbocycles. The SMILES string of the molecule is C[C@@H]([C@H]([O-])OCc1ccc(OCC(=O)O)cc1)[C@@H]1CC[C@@H](C)[C@@H]2CC[C@](C)(OO)OCC12. The molecule has 1 saturated heterocycles. The van der Waals surface area contributed by atoms with E-state index in [0.717, 1.165) is 24.8 Å². The molecule has 1 aromatic rings. The van der Waals surface area contributed by atoms with Crippen molar-refractivity contribution in [2.75, 3.05) is 13.2 Å². The molecule has 1 heterocycles. The van der Waals surface area contributed by atoms with Gasteiger partial charge in [-0.1, -0.05) is 32.4 Å². The highest BCUT2D eigenvalue weighted by molar-refractivity contribution is 5.68. The van der Waals surface area contributed by atoms with E-state index in [0.29, 0.717) is 30.6 Å². The summed E-state index contributed by atoms with van der Waals surface area (Å²) in [4.78, 5) is 15.2. The number of carbonyl (C=O) groups is 1. The summed E-state index contributed by atoms with van der Waals surface area (Å²) < 4.78 is 16.7. The molecule has 32 heavy (non-hydrogen) atoms. The number of carboxylic acid groups (broad SMARTS) is 1. The molecule has 1 aliphatic heterocycles. The number of hydrogen-bond donors (Lipinski definition) is 2. The molecule has 8 nitrogen and oxygen atoms in total. The Labute approximate surface area is 189 Å². The van der Waals surface area contributed by atoms with Crippen molar-refractivity contribution in [1.29, 1.82) is 0 Å². The number of benzene rings is 1. The van der Waals surface area contributed by atoms with Gasteiger partial charge in [0, 0.05) is 6.42 Å². The van der Waals surface area contributed by atoms with E-state index in [4.69, 9.17) is 19.3 Å². The van der Waals surface area contributed by atoms with Crippen LogP contribution in [0.25, 0.3) is 0 Å². The lowest BCUT2D eigenvalue weighted by Crippen LogP contribution is -2.46. The molecular formula is C24H35O8-. The maximum absolute atomic E-state index is 13.0. The number of hydrogen-bond acceptors (Lipinski definition) is 7. The Bertz CT molecular complexity index is 738. The topological polar surface area (TPSA) is 118 Å². The maximum atomic E-state index is 13.0. The van der Waals surface area contributed by atoms with Crippen molar-refractivity contribution in [3.05, 3.63) is 29.8 Å². The summed E-state index contributed by atoms with van der Waals surface area (Å²) in [7, 11) is 0. The summed E-state index contributed by atoms with van der Waals surface area (Å²) in [6.07, 6.45) is 2.38. The third-order valence-corrected chi connectivity index (χ3v) is 7.30. The lowest BCUT2D eigenvalue weighted by atomic mass is 9.62. The van der Waals surface area contributed by atoms with Crippen molar-refractivity contribution < 1.29 is 39.4 Å². The molecule has 0 aromatic heterocycles. The van der Waals surface area contributed by atoms with Crippen molar-refractivity contribution in [1.82, 2.24) is 0 Å². The van der Waals surface area contributed by atoms with E-state index in [2.05, 4.69) is 11.8 Å². The zero-order chi connectivity index (χ0) is 23.3. The van der Waals surface area contributed by atoms with Gasteiger partial charge in [0.2, 0.25) is 0 Å². The monoisotopic (exact) mass is 451 g/mol. The molecule has 7 atom stereocenters. The van der Waals surface area contributed by atoms with Crippen molar-refractivity contribution in [2.24, 2.45) is 29.6 Å². The van der Waals surface area contributed by atoms with Gasteiger partial charge in [0.05, 0.1) is 13.2 Å². The Hall–Kier alpha value is -1.71. The molecular weight excluding hydrogens is 416 g/mol. The van der Waals surface area contributed by atoms with E-state index in [9.17, 15) is 15.2 Å². The third kappa shape index (κ3) is 6.20. The van der Waals surface area contributed by atoms with Crippen molar-refractivity contribution in [3.63, 3.8) is 0 Å². The van der Waals surface area contributed by atoms with E-state index >= 15 is 0 Å². The van der Waals surface area contributed by atoms with Gasteiger partial charge in [-0.3, -0.25) is 0 Å². The Kier molecular flexibility index (Phi) is 8.52. The first kappa shape index (κ1) is 24.9. The summed E-state index contributed by atoms with van der Waals surface area (Å²) >= 11 is 0. The van der Waals surface area contributed by atoms with Crippen LogP contribution in [0.2, 0.25) is 0 Å². The molecule has 0 amide bonds. The molecule has 0 radical (unpaired) electrons. The van der Waals surface area contributed by atoms with Crippen LogP contribution < -0.4 is 9.84 Å². The predicted octanol–water partition coefficient (Wildman–Crippen LogP) is 3.28. The summed E-state index contributed by atoms with van der Waals surface area (Å²) in [6, 6.07) is 6.87. The highest BCUT2D eigenvalue weighted by Crippen LogP contribution is 2.47. The van der Waals surface area contributed by atoms with Gasteiger partial charge in [0.15, 0.2) is 12.4 Å². The number of fused-ring (bicyclic) bond motifs is 1. The van der Waals surface area contributed by atoms with E-state index < -0.39 is 24.7 Å². The fourth-order valence-corrected chi connectivity index (χ4v) is 5.23. The van der Waals surface area contributed by atoms with Crippen LogP contribution in [0, 0.1) is 29.6 Å². The molecule has 2 fully saturated rings. The van der Waals surface area contributed by atoms with Crippen LogP contribution in [0.5, 0.6) is 5.75 Å². The van der Waals surface area contributed by atoms with Gasteiger partial charge >= 0.3 is 5.97 Å². The molecule has 2 N–H and O–H groups in total. The highest BCUT2D eigenvalue weighted by Gasteiger charge is 2.44. The van der Waals surface area contributed by atoms with Crippen LogP contribution in [-0.2, 0) is 25.8 Å². The van der Waals surface area contributed by atoms with E-state index in [-0.39, 0.29) is 24.4 Å². The number of ether oxygens (including phenoxy) is 3. The highest BCUT2D eigenvalue weighted by atomic mass is 17.1. The Balaban J connectivity index is 1.57. The minimum absolute atomic E-state index is 0.182. The second-order valence-corrected chi connectivity index (χ2v) is 9.49. The predicted molar refractivity (Wildman–Crippen MR) is 113 cm³/mol. The smallest absolute Gasteiger partial charge is 0.341 e. The molecule has 1 unspecified atom stereocenters. The standard InChI is InChI=1S/C24H35O8/c1-15-4-9-20(21-13-31-24(3,32-28)11-10-19(15)21)16(2)23(27)30-12-17-5-7-18(8-6-17)29-14-22(25)26/h5-8,15-16,19-21,23,28H,4,9-14H2,1-3H3,(H,25,26)/q-1/t15-,16-,19+,20+,21?,23-,24+/m1/s1. The van der Waals surface area contributed by atoms with Gasteiger partial charge in [-0.15, -0.1) is 0 Å². The first-order valence-electron chi connectivity index (χ1n) is 11.4. The molecule has 0 bridgehead atoms.